The van der Waals surface area contributed by atoms with Crippen LogP contribution in [0.3, 0.4) is 0 Å². The fraction of sp³-hybridized carbons (Fsp3) is 0.714. The number of Topliss-reactive ketones (excluding diaryl/α,β-unsaturated/α-hetero) is 1. The first kappa shape index (κ1) is 18.1. The second kappa shape index (κ2) is 5.37. The van der Waals surface area contributed by atoms with Crippen LogP contribution in [0.4, 0.5) is 0 Å². The number of aliphatic hydroxyl groups excluding tert-OH is 1. The van der Waals surface area contributed by atoms with E-state index < -0.39 is 22.7 Å². The Bertz CT molecular complexity index is 762. The Kier molecular flexibility index (Phi) is 3.73. The molecule has 0 aromatic rings. The van der Waals surface area contributed by atoms with Crippen molar-refractivity contribution in [2.45, 2.75) is 64.3 Å². The average molecular weight is 360 g/mol. The van der Waals surface area contributed by atoms with Crippen molar-refractivity contribution in [3.63, 3.8) is 0 Å². The van der Waals surface area contributed by atoms with Gasteiger partial charge in [-0.15, -0.1) is 0 Å². The highest BCUT2D eigenvalue weighted by Crippen LogP contribution is 2.66. The maximum Gasteiger partial charge on any atom is 0.178 e. The van der Waals surface area contributed by atoms with Crippen molar-refractivity contribution in [2.24, 2.45) is 17.3 Å². The summed E-state index contributed by atoms with van der Waals surface area (Å²) in [5.41, 5.74) is -0.790. The quantitative estimate of drug-likeness (QED) is 0.782. The van der Waals surface area contributed by atoms with Crippen LogP contribution in [0.15, 0.2) is 22.8 Å². The van der Waals surface area contributed by atoms with E-state index >= 15 is 0 Å². The van der Waals surface area contributed by atoms with Gasteiger partial charge in [-0.2, -0.15) is 0 Å². The molecule has 142 valence electrons. The molecule has 4 rings (SSSR count). The monoisotopic (exact) mass is 360 g/mol. The van der Waals surface area contributed by atoms with Crippen LogP contribution in [-0.2, 0) is 19.1 Å². The molecule has 26 heavy (non-hydrogen) atoms. The topological polar surface area (TPSA) is 72.8 Å². The zero-order valence-corrected chi connectivity index (χ0v) is 16.2. The SMILES string of the molecule is COCC1=C2C(=O)[C@@]3(C)C(=O)C=C(C(C)C)[C@]34C[C@H](O)[C@H](C)[C@@]2(CC1)O4. The molecule has 5 atom stereocenters. The van der Waals surface area contributed by atoms with Gasteiger partial charge in [0.2, 0.25) is 0 Å². The molecule has 0 saturated carbocycles. The number of ether oxygens (including phenoxy) is 2. The Hall–Kier alpha value is -1.30. The van der Waals surface area contributed by atoms with Gasteiger partial charge in [0, 0.05) is 25.0 Å². The minimum Gasteiger partial charge on any atom is -0.393 e. The number of carbonyl (C=O) groups excluding carboxylic acids is 2. The summed E-state index contributed by atoms with van der Waals surface area (Å²) in [6.45, 7) is 8.06. The van der Waals surface area contributed by atoms with E-state index in [1.54, 1.807) is 20.1 Å². The third-order valence-electron chi connectivity index (χ3n) is 7.42. The first-order valence-corrected chi connectivity index (χ1v) is 9.56. The molecule has 2 heterocycles. The highest BCUT2D eigenvalue weighted by atomic mass is 16.5. The van der Waals surface area contributed by atoms with E-state index in [2.05, 4.69) is 0 Å². The van der Waals surface area contributed by atoms with Crippen molar-refractivity contribution in [1.29, 1.82) is 0 Å². The summed E-state index contributed by atoms with van der Waals surface area (Å²) >= 11 is 0. The summed E-state index contributed by atoms with van der Waals surface area (Å²) in [4.78, 5) is 26.9. The van der Waals surface area contributed by atoms with Gasteiger partial charge < -0.3 is 14.6 Å². The Morgan fingerprint density at radius 3 is 2.69 bits per heavy atom. The largest absolute Gasteiger partial charge is 0.393 e. The van der Waals surface area contributed by atoms with Crippen molar-refractivity contribution in [3.8, 4) is 0 Å². The van der Waals surface area contributed by atoms with Gasteiger partial charge in [0.25, 0.3) is 0 Å². The highest BCUT2D eigenvalue weighted by Gasteiger charge is 2.76. The van der Waals surface area contributed by atoms with Gasteiger partial charge in [-0.3, -0.25) is 9.59 Å². The third kappa shape index (κ3) is 1.77. The number of carbonyl (C=O) groups is 2. The minimum atomic E-state index is -1.30. The van der Waals surface area contributed by atoms with Gasteiger partial charge >= 0.3 is 0 Å². The normalized spacial score (nSPS) is 44.5. The maximum atomic E-state index is 13.8. The van der Waals surface area contributed by atoms with Crippen molar-refractivity contribution >= 4 is 11.6 Å². The molecule has 5 nitrogen and oxygen atoms in total. The molecular formula is C21H28O5. The summed E-state index contributed by atoms with van der Waals surface area (Å²) < 4.78 is 12.2. The number of hydrogen-bond donors (Lipinski definition) is 1. The second-order valence-electron chi connectivity index (χ2n) is 8.86. The Morgan fingerprint density at radius 1 is 1.38 bits per heavy atom. The number of ketones is 2. The smallest absolute Gasteiger partial charge is 0.178 e. The molecular weight excluding hydrogens is 332 g/mol. The molecule has 5 heteroatoms. The summed E-state index contributed by atoms with van der Waals surface area (Å²) in [7, 11) is 1.61. The Balaban J connectivity index is 2.00. The van der Waals surface area contributed by atoms with E-state index in [9.17, 15) is 14.7 Å². The summed E-state index contributed by atoms with van der Waals surface area (Å²) in [6, 6.07) is 0. The number of rotatable bonds is 3. The molecule has 0 amide bonds. The fourth-order valence-corrected chi connectivity index (χ4v) is 5.89. The Labute approximate surface area is 154 Å². The zero-order chi connectivity index (χ0) is 19.1. The van der Waals surface area contributed by atoms with E-state index in [0.717, 1.165) is 11.1 Å². The van der Waals surface area contributed by atoms with Crippen molar-refractivity contribution in [3.05, 3.63) is 22.8 Å². The van der Waals surface area contributed by atoms with Gasteiger partial charge in [0.05, 0.1) is 12.7 Å². The summed E-state index contributed by atoms with van der Waals surface area (Å²) in [5.74, 6) is -0.451. The lowest BCUT2D eigenvalue weighted by Crippen LogP contribution is -2.71. The maximum absolute atomic E-state index is 13.8. The van der Waals surface area contributed by atoms with Crippen molar-refractivity contribution < 1.29 is 24.2 Å². The Morgan fingerprint density at radius 2 is 2.08 bits per heavy atom. The van der Waals surface area contributed by atoms with E-state index in [1.165, 1.54) is 0 Å². The molecule has 2 aliphatic heterocycles. The summed E-state index contributed by atoms with van der Waals surface area (Å²) in [6.07, 6.45) is 2.63. The first-order chi connectivity index (χ1) is 12.2. The predicted molar refractivity (Wildman–Crippen MR) is 95.5 cm³/mol. The molecule has 2 aliphatic carbocycles. The molecule has 2 spiro atoms. The van der Waals surface area contributed by atoms with E-state index in [4.69, 9.17) is 9.47 Å². The summed E-state index contributed by atoms with van der Waals surface area (Å²) in [5, 5.41) is 11.0. The van der Waals surface area contributed by atoms with Crippen LogP contribution in [0.25, 0.3) is 0 Å². The van der Waals surface area contributed by atoms with Gasteiger partial charge in [-0.1, -0.05) is 20.8 Å². The molecule has 0 aromatic heterocycles. The van der Waals surface area contributed by atoms with Crippen LogP contribution in [0.1, 0.15) is 47.0 Å². The molecule has 2 saturated heterocycles. The lowest BCUT2D eigenvalue weighted by Gasteiger charge is -2.61. The van der Waals surface area contributed by atoms with Crippen molar-refractivity contribution in [1.82, 2.24) is 0 Å². The van der Waals surface area contributed by atoms with Crippen LogP contribution in [0.2, 0.25) is 0 Å². The minimum absolute atomic E-state index is 0.0663. The first-order valence-electron chi connectivity index (χ1n) is 9.56. The van der Waals surface area contributed by atoms with Gasteiger partial charge in [-0.25, -0.2) is 0 Å². The fourth-order valence-electron chi connectivity index (χ4n) is 5.89. The van der Waals surface area contributed by atoms with Crippen LogP contribution in [0.5, 0.6) is 0 Å². The van der Waals surface area contributed by atoms with Gasteiger partial charge in [-0.05, 0) is 42.9 Å². The molecule has 0 aromatic carbocycles. The number of methoxy groups -OCH3 is 1. The standard InChI is InChI=1S/C21H28O5/c1-11(2)14-8-16(23)19(4)18(24)17-13(10-25-5)6-7-20(17)12(3)15(22)9-21(14,19)26-20/h8,11-12,15,22H,6-7,9-10H2,1-5H3/t12-,15-,19+,20+,21+/m0/s1. The molecule has 0 radical (unpaired) electrons. The molecule has 4 aliphatic rings. The number of allylic oxidation sites excluding steroid dienone is 1. The zero-order valence-electron chi connectivity index (χ0n) is 16.2. The van der Waals surface area contributed by atoms with E-state index in [-0.39, 0.29) is 23.4 Å². The lowest BCUT2D eigenvalue weighted by molar-refractivity contribution is -0.255. The van der Waals surface area contributed by atoms with Gasteiger partial charge in [0.1, 0.15) is 16.6 Å². The molecule has 2 bridgehead atoms. The van der Waals surface area contributed by atoms with Crippen LogP contribution in [-0.4, -0.2) is 47.7 Å². The number of aliphatic hydroxyl groups is 1. The van der Waals surface area contributed by atoms with Crippen LogP contribution < -0.4 is 0 Å². The van der Waals surface area contributed by atoms with E-state index in [0.29, 0.717) is 31.4 Å². The van der Waals surface area contributed by atoms with E-state index in [1.807, 2.05) is 20.8 Å². The number of hydrogen-bond acceptors (Lipinski definition) is 5. The second-order valence-corrected chi connectivity index (χ2v) is 8.86. The average Bonchev–Trinajstić information content (AvgIpc) is 3.03. The highest BCUT2D eigenvalue weighted by molar-refractivity contribution is 6.22. The molecule has 0 unspecified atom stereocenters. The van der Waals surface area contributed by atoms with Gasteiger partial charge in [0.15, 0.2) is 11.6 Å². The van der Waals surface area contributed by atoms with Crippen LogP contribution >= 0.6 is 0 Å². The molecule has 2 fully saturated rings. The predicted octanol–water partition coefficient (Wildman–Crippen LogP) is 2.37. The third-order valence-corrected chi connectivity index (χ3v) is 7.42. The van der Waals surface area contributed by atoms with Crippen molar-refractivity contribution in [2.75, 3.05) is 13.7 Å². The molecule has 1 N–H and O–H groups in total. The van der Waals surface area contributed by atoms with Crippen LogP contribution in [0, 0.1) is 17.3 Å². The lowest BCUT2D eigenvalue weighted by atomic mass is 9.54.